The number of benzene rings is 1. The summed E-state index contributed by atoms with van der Waals surface area (Å²) in [7, 11) is -9.77. The summed E-state index contributed by atoms with van der Waals surface area (Å²) in [5.74, 6) is -0.670. The van der Waals surface area contributed by atoms with E-state index in [0.29, 0.717) is 13.0 Å². The molecule has 166 valence electrons. The molecule has 0 radical (unpaired) electrons. The molecule has 3 rings (SSSR count). The van der Waals surface area contributed by atoms with E-state index in [2.05, 4.69) is 20.3 Å². The SMILES string of the molecule is Nc1nonc1C(=O)N1CCCN(C(=O)Nc2ccc(S(F)(F)(F)(F)F)cc2)CC1. The van der Waals surface area contributed by atoms with Gasteiger partial charge in [-0.1, -0.05) is 19.4 Å². The molecule has 3 N–H and O–H groups in total. The van der Waals surface area contributed by atoms with Crippen LogP contribution in [0.4, 0.5) is 35.7 Å². The van der Waals surface area contributed by atoms with E-state index < -0.39 is 27.1 Å². The van der Waals surface area contributed by atoms with E-state index in [1.165, 1.54) is 9.80 Å². The first-order valence-electron chi connectivity index (χ1n) is 8.52. The first kappa shape index (κ1) is 21.6. The average Bonchev–Trinajstić information content (AvgIpc) is 2.91. The summed E-state index contributed by atoms with van der Waals surface area (Å²) in [4.78, 5) is 25.5. The zero-order valence-electron chi connectivity index (χ0n) is 15.2. The fraction of sp³-hybridized carbons (Fsp3) is 0.333. The number of anilines is 2. The Bertz CT molecular complexity index is 966. The Balaban J connectivity index is 1.62. The van der Waals surface area contributed by atoms with Crippen molar-refractivity contribution in [2.45, 2.75) is 11.3 Å². The van der Waals surface area contributed by atoms with Gasteiger partial charge < -0.3 is 20.9 Å². The summed E-state index contributed by atoms with van der Waals surface area (Å²) in [5, 5.41) is 9.12. The molecule has 2 heterocycles. The minimum Gasteiger partial charge on any atom is -0.379 e. The molecule has 9 nitrogen and oxygen atoms in total. The zero-order chi connectivity index (χ0) is 22.2. The van der Waals surface area contributed by atoms with Gasteiger partial charge in [-0.3, -0.25) is 4.79 Å². The highest BCUT2D eigenvalue weighted by molar-refractivity contribution is 8.45. The van der Waals surface area contributed by atoms with Crippen molar-refractivity contribution >= 4 is 33.7 Å². The van der Waals surface area contributed by atoms with Crippen molar-refractivity contribution in [1.29, 1.82) is 0 Å². The van der Waals surface area contributed by atoms with Gasteiger partial charge in [0.2, 0.25) is 11.5 Å². The number of nitrogen functional groups attached to an aromatic ring is 1. The van der Waals surface area contributed by atoms with Crippen LogP contribution >= 0.6 is 10.2 Å². The minimum atomic E-state index is -9.77. The normalized spacial score (nSPS) is 17.6. The van der Waals surface area contributed by atoms with Crippen LogP contribution in [0.2, 0.25) is 0 Å². The number of rotatable bonds is 3. The van der Waals surface area contributed by atoms with E-state index in [-0.39, 0.29) is 49.0 Å². The third kappa shape index (κ3) is 4.90. The Morgan fingerprint density at radius 3 is 2.13 bits per heavy atom. The van der Waals surface area contributed by atoms with Crippen LogP contribution in [-0.4, -0.2) is 58.2 Å². The van der Waals surface area contributed by atoms with Crippen molar-refractivity contribution < 1.29 is 33.6 Å². The van der Waals surface area contributed by atoms with Gasteiger partial charge in [0.15, 0.2) is 0 Å². The number of urea groups is 1. The van der Waals surface area contributed by atoms with Gasteiger partial charge in [-0.15, -0.1) is 0 Å². The fourth-order valence-electron chi connectivity index (χ4n) is 2.82. The molecule has 0 saturated carbocycles. The lowest BCUT2D eigenvalue weighted by Gasteiger charge is -2.40. The molecule has 1 aromatic carbocycles. The monoisotopic (exact) mass is 456 g/mol. The van der Waals surface area contributed by atoms with Gasteiger partial charge in [-0.05, 0) is 41.0 Å². The molecular weight excluding hydrogens is 439 g/mol. The van der Waals surface area contributed by atoms with Crippen molar-refractivity contribution in [2.24, 2.45) is 0 Å². The molecule has 1 aliphatic heterocycles. The lowest BCUT2D eigenvalue weighted by atomic mass is 10.3. The Morgan fingerprint density at radius 2 is 1.57 bits per heavy atom. The molecule has 2 aromatic rings. The first-order valence-corrected chi connectivity index (χ1v) is 10.5. The topological polar surface area (TPSA) is 118 Å². The number of amides is 3. The molecule has 0 atom stereocenters. The summed E-state index contributed by atoms with van der Waals surface area (Å²) >= 11 is 0. The predicted octanol–water partition coefficient (Wildman–Crippen LogP) is 3.69. The Hall–Kier alpha value is -3.10. The van der Waals surface area contributed by atoms with Gasteiger partial charge in [-0.25, -0.2) is 9.42 Å². The average molecular weight is 456 g/mol. The predicted molar refractivity (Wildman–Crippen MR) is 97.7 cm³/mol. The molecular formula is C15H17F5N6O3S. The number of hydrogen-bond donors (Lipinski definition) is 2. The molecule has 1 fully saturated rings. The number of halogens is 5. The van der Waals surface area contributed by atoms with Crippen molar-refractivity contribution in [3.8, 4) is 0 Å². The molecule has 0 aliphatic carbocycles. The number of nitrogens with one attached hydrogen (secondary N) is 1. The van der Waals surface area contributed by atoms with E-state index in [1.807, 2.05) is 0 Å². The van der Waals surface area contributed by atoms with Gasteiger partial charge in [0, 0.05) is 31.9 Å². The molecule has 0 bridgehead atoms. The maximum atomic E-state index is 12.8. The quantitative estimate of drug-likeness (QED) is 0.681. The number of nitrogens with two attached hydrogens (primary N) is 1. The molecule has 0 unspecified atom stereocenters. The highest BCUT2D eigenvalue weighted by Crippen LogP contribution is 3.02. The van der Waals surface area contributed by atoms with Crippen LogP contribution in [0.5, 0.6) is 0 Å². The van der Waals surface area contributed by atoms with Gasteiger partial charge in [0.1, 0.15) is 4.90 Å². The summed E-state index contributed by atoms with van der Waals surface area (Å²) in [6.07, 6.45) is 0.410. The van der Waals surface area contributed by atoms with E-state index in [1.54, 1.807) is 0 Å². The summed E-state index contributed by atoms with van der Waals surface area (Å²) in [6, 6.07) is 1.29. The number of carbonyl (C=O) groups excluding carboxylic acids is 2. The standard InChI is InChI=1S/C15H17F5N6O3S/c16-30(17,18,19,20)11-4-2-10(3-5-11)22-15(28)26-7-1-6-25(8-9-26)14(27)12-13(21)24-29-23-12/h2-5H,1,6-9H2,(H2,21,24)(H,22,28). The van der Waals surface area contributed by atoms with Crippen LogP contribution in [-0.2, 0) is 0 Å². The number of nitrogens with zero attached hydrogens (tertiary/aromatic N) is 4. The van der Waals surface area contributed by atoms with E-state index in [9.17, 15) is 29.0 Å². The summed E-state index contributed by atoms with van der Waals surface area (Å²) in [5.41, 5.74) is 5.28. The van der Waals surface area contributed by atoms with Crippen LogP contribution in [0.25, 0.3) is 0 Å². The van der Waals surface area contributed by atoms with Crippen LogP contribution in [0.3, 0.4) is 0 Å². The van der Waals surface area contributed by atoms with Crippen molar-refractivity contribution in [1.82, 2.24) is 20.1 Å². The maximum Gasteiger partial charge on any atom is 0.321 e. The van der Waals surface area contributed by atoms with Gasteiger partial charge in [0.25, 0.3) is 5.91 Å². The van der Waals surface area contributed by atoms with Gasteiger partial charge >= 0.3 is 16.3 Å². The molecule has 1 saturated heterocycles. The summed E-state index contributed by atoms with van der Waals surface area (Å²) in [6.45, 7) is 0.813. The smallest absolute Gasteiger partial charge is 0.321 e. The number of aromatic nitrogens is 2. The second-order valence-electron chi connectivity index (χ2n) is 6.55. The van der Waals surface area contributed by atoms with Crippen molar-refractivity contribution in [2.75, 3.05) is 37.2 Å². The number of carbonyl (C=O) groups is 2. The van der Waals surface area contributed by atoms with Crippen molar-refractivity contribution in [3.63, 3.8) is 0 Å². The van der Waals surface area contributed by atoms with Gasteiger partial charge in [0.05, 0.1) is 0 Å². The van der Waals surface area contributed by atoms with Crippen LogP contribution in [0, 0.1) is 0 Å². The second kappa shape index (κ2) is 6.72. The molecule has 30 heavy (non-hydrogen) atoms. The highest BCUT2D eigenvalue weighted by Gasteiger charge is 2.65. The molecule has 3 amide bonds. The zero-order valence-corrected chi connectivity index (χ0v) is 16.1. The van der Waals surface area contributed by atoms with Crippen LogP contribution in [0.1, 0.15) is 16.9 Å². The fourth-order valence-corrected chi connectivity index (χ4v) is 3.47. The first-order chi connectivity index (χ1) is 13.7. The van der Waals surface area contributed by atoms with E-state index >= 15 is 0 Å². The van der Waals surface area contributed by atoms with Crippen molar-refractivity contribution in [3.05, 3.63) is 30.0 Å². The lowest BCUT2D eigenvalue weighted by molar-refractivity contribution is 0.0752. The molecule has 1 aromatic heterocycles. The molecule has 1 aliphatic rings. The Labute approximate surface area is 166 Å². The highest BCUT2D eigenvalue weighted by atomic mass is 32.5. The van der Waals surface area contributed by atoms with E-state index in [0.717, 1.165) is 12.1 Å². The third-order valence-electron chi connectivity index (χ3n) is 4.34. The molecule has 15 heteroatoms. The Kier molecular flexibility index (Phi) is 4.84. The van der Waals surface area contributed by atoms with Crippen LogP contribution in [0.15, 0.2) is 33.8 Å². The lowest BCUT2D eigenvalue weighted by Crippen LogP contribution is -2.39. The maximum absolute atomic E-state index is 12.8. The number of hydrogen-bond acceptors (Lipinski definition) is 6. The largest absolute Gasteiger partial charge is 0.379 e. The molecule has 0 spiro atoms. The van der Waals surface area contributed by atoms with Gasteiger partial charge in [-0.2, -0.15) is 0 Å². The Morgan fingerprint density at radius 1 is 0.967 bits per heavy atom. The summed E-state index contributed by atoms with van der Waals surface area (Å²) < 4.78 is 68.2. The van der Waals surface area contributed by atoms with Crippen LogP contribution < -0.4 is 11.1 Å². The third-order valence-corrected chi connectivity index (χ3v) is 5.50. The minimum absolute atomic E-state index is 0.0794. The van der Waals surface area contributed by atoms with E-state index in [4.69, 9.17) is 5.73 Å². The second-order valence-corrected chi connectivity index (χ2v) is 8.96.